The lowest BCUT2D eigenvalue weighted by molar-refractivity contribution is -0.140. The Morgan fingerprint density at radius 1 is 1.44 bits per heavy atom. The van der Waals surface area contributed by atoms with E-state index in [1.54, 1.807) is 0 Å². The van der Waals surface area contributed by atoms with Gasteiger partial charge in [-0.15, -0.1) is 0 Å². The van der Waals surface area contributed by atoms with Crippen LogP contribution in [0.5, 0.6) is 0 Å². The summed E-state index contributed by atoms with van der Waals surface area (Å²) < 4.78 is 4.58. The minimum absolute atomic E-state index is 0.207. The van der Waals surface area contributed by atoms with Crippen molar-refractivity contribution in [3.05, 3.63) is 0 Å². The highest BCUT2D eigenvalue weighted by molar-refractivity contribution is 5.80. The molecule has 92 valence electrons. The first-order valence-electron chi connectivity index (χ1n) is 5.88. The van der Waals surface area contributed by atoms with Gasteiger partial charge in [0.05, 0.1) is 20.1 Å². The van der Waals surface area contributed by atoms with Crippen molar-refractivity contribution in [2.24, 2.45) is 4.99 Å². The van der Waals surface area contributed by atoms with Gasteiger partial charge in [-0.3, -0.25) is 9.79 Å². The average molecular weight is 227 g/mol. The van der Waals surface area contributed by atoms with Crippen LogP contribution in [0.25, 0.3) is 0 Å². The van der Waals surface area contributed by atoms with Crippen molar-refractivity contribution in [2.45, 2.75) is 26.2 Å². The van der Waals surface area contributed by atoms with Crippen LogP contribution < -0.4 is 5.32 Å². The number of methoxy groups -OCH3 is 1. The van der Waals surface area contributed by atoms with Crippen molar-refractivity contribution in [3.63, 3.8) is 0 Å². The number of nitrogens with one attached hydrogen (secondary N) is 1. The van der Waals surface area contributed by atoms with Crippen molar-refractivity contribution in [1.82, 2.24) is 10.2 Å². The molecule has 1 heterocycles. The van der Waals surface area contributed by atoms with Crippen LogP contribution in [-0.4, -0.2) is 50.1 Å². The molecule has 5 heteroatoms. The summed E-state index contributed by atoms with van der Waals surface area (Å²) in [6, 6.07) is 0. The van der Waals surface area contributed by atoms with Crippen LogP contribution in [-0.2, 0) is 9.53 Å². The van der Waals surface area contributed by atoms with E-state index in [0.717, 1.165) is 25.6 Å². The summed E-state index contributed by atoms with van der Waals surface area (Å²) in [6.07, 6.45) is 2.79. The number of hydrogen-bond donors (Lipinski definition) is 1. The molecule has 1 fully saturated rings. The van der Waals surface area contributed by atoms with Gasteiger partial charge in [-0.1, -0.05) is 0 Å². The van der Waals surface area contributed by atoms with E-state index < -0.39 is 0 Å². The van der Waals surface area contributed by atoms with Crippen LogP contribution in [0.4, 0.5) is 0 Å². The minimum atomic E-state index is -0.207. The Labute approximate surface area is 96.9 Å². The molecule has 1 aliphatic heterocycles. The maximum absolute atomic E-state index is 10.9. The molecule has 0 aromatic heterocycles. The molecule has 0 radical (unpaired) electrons. The van der Waals surface area contributed by atoms with E-state index in [4.69, 9.17) is 0 Å². The number of ether oxygens (including phenoxy) is 1. The standard InChI is InChI=1S/C11H21N3O2/c1-3-12-11(14-8-4-5-9-14)13-7-6-10(15)16-2/h3-9H2,1-2H3,(H,12,13). The number of rotatable bonds is 4. The number of aliphatic imine (C=N–C) groups is 1. The fraction of sp³-hybridized carbons (Fsp3) is 0.818. The predicted molar refractivity (Wildman–Crippen MR) is 63.4 cm³/mol. The molecule has 0 aromatic rings. The van der Waals surface area contributed by atoms with Crippen molar-refractivity contribution in [3.8, 4) is 0 Å². The topological polar surface area (TPSA) is 53.9 Å². The lowest BCUT2D eigenvalue weighted by Crippen LogP contribution is -2.39. The van der Waals surface area contributed by atoms with Gasteiger partial charge in [0.2, 0.25) is 0 Å². The van der Waals surface area contributed by atoms with Gasteiger partial charge in [-0.25, -0.2) is 0 Å². The highest BCUT2D eigenvalue weighted by Crippen LogP contribution is 2.07. The fourth-order valence-electron chi connectivity index (χ4n) is 1.71. The molecule has 0 aromatic carbocycles. The predicted octanol–water partition coefficient (Wildman–Crippen LogP) is 0.611. The van der Waals surface area contributed by atoms with Crippen LogP contribution in [0.1, 0.15) is 26.2 Å². The van der Waals surface area contributed by atoms with Gasteiger partial charge < -0.3 is 15.0 Å². The van der Waals surface area contributed by atoms with E-state index in [9.17, 15) is 4.79 Å². The van der Waals surface area contributed by atoms with Crippen LogP contribution >= 0.6 is 0 Å². The Balaban J connectivity index is 2.41. The van der Waals surface area contributed by atoms with E-state index in [1.165, 1.54) is 20.0 Å². The molecule has 0 spiro atoms. The number of hydrogen-bond acceptors (Lipinski definition) is 3. The lowest BCUT2D eigenvalue weighted by Gasteiger charge is -2.20. The quantitative estimate of drug-likeness (QED) is 0.434. The Morgan fingerprint density at radius 3 is 2.69 bits per heavy atom. The van der Waals surface area contributed by atoms with Gasteiger partial charge in [0.15, 0.2) is 5.96 Å². The van der Waals surface area contributed by atoms with E-state index in [0.29, 0.717) is 13.0 Å². The van der Waals surface area contributed by atoms with Gasteiger partial charge in [-0.05, 0) is 19.8 Å². The Kier molecular flexibility index (Phi) is 5.67. The zero-order chi connectivity index (χ0) is 11.8. The Morgan fingerprint density at radius 2 is 2.12 bits per heavy atom. The number of guanidine groups is 1. The number of nitrogens with zero attached hydrogens (tertiary/aromatic N) is 2. The third-order valence-electron chi connectivity index (χ3n) is 2.55. The third kappa shape index (κ3) is 4.08. The Hall–Kier alpha value is -1.26. The number of carbonyl (C=O) groups excluding carboxylic acids is 1. The molecular weight excluding hydrogens is 206 g/mol. The summed E-state index contributed by atoms with van der Waals surface area (Å²) in [4.78, 5) is 17.6. The molecule has 0 unspecified atom stereocenters. The highest BCUT2D eigenvalue weighted by atomic mass is 16.5. The first kappa shape index (κ1) is 12.8. The van der Waals surface area contributed by atoms with Crippen LogP contribution in [0.3, 0.4) is 0 Å². The highest BCUT2D eigenvalue weighted by Gasteiger charge is 2.15. The largest absolute Gasteiger partial charge is 0.469 e. The molecule has 16 heavy (non-hydrogen) atoms. The second-order valence-corrected chi connectivity index (χ2v) is 3.76. The third-order valence-corrected chi connectivity index (χ3v) is 2.55. The average Bonchev–Trinajstić information content (AvgIpc) is 2.81. The molecule has 1 saturated heterocycles. The second kappa shape index (κ2) is 7.09. The first-order valence-corrected chi connectivity index (χ1v) is 5.88. The molecule has 0 bridgehead atoms. The summed E-state index contributed by atoms with van der Waals surface area (Å²) in [6.45, 7) is 5.51. The van der Waals surface area contributed by atoms with Gasteiger partial charge in [0.1, 0.15) is 0 Å². The van der Waals surface area contributed by atoms with E-state index in [-0.39, 0.29) is 5.97 Å². The van der Waals surface area contributed by atoms with Crippen molar-refractivity contribution < 1.29 is 9.53 Å². The fourth-order valence-corrected chi connectivity index (χ4v) is 1.71. The second-order valence-electron chi connectivity index (χ2n) is 3.76. The van der Waals surface area contributed by atoms with Gasteiger partial charge >= 0.3 is 5.97 Å². The first-order chi connectivity index (χ1) is 7.77. The summed E-state index contributed by atoms with van der Waals surface area (Å²) in [5, 5.41) is 3.24. The molecular formula is C11H21N3O2. The van der Waals surface area contributed by atoms with Crippen LogP contribution in [0.2, 0.25) is 0 Å². The van der Waals surface area contributed by atoms with Crippen LogP contribution in [0.15, 0.2) is 4.99 Å². The van der Waals surface area contributed by atoms with Gasteiger partial charge in [-0.2, -0.15) is 0 Å². The SMILES string of the molecule is CCNC(=NCCC(=O)OC)N1CCCC1. The van der Waals surface area contributed by atoms with E-state index in [2.05, 4.69) is 19.9 Å². The number of likely N-dealkylation sites (tertiary alicyclic amines) is 1. The van der Waals surface area contributed by atoms with Crippen molar-refractivity contribution in [2.75, 3.05) is 33.3 Å². The number of esters is 1. The molecule has 1 aliphatic rings. The molecule has 1 N–H and O–H groups in total. The normalized spacial score (nSPS) is 16.4. The minimum Gasteiger partial charge on any atom is -0.469 e. The molecule has 0 saturated carbocycles. The van der Waals surface area contributed by atoms with E-state index >= 15 is 0 Å². The molecule has 5 nitrogen and oxygen atoms in total. The Bertz CT molecular complexity index is 248. The summed E-state index contributed by atoms with van der Waals surface area (Å²) in [5.74, 6) is 0.713. The zero-order valence-corrected chi connectivity index (χ0v) is 10.2. The summed E-state index contributed by atoms with van der Waals surface area (Å²) in [5.41, 5.74) is 0. The van der Waals surface area contributed by atoms with Crippen molar-refractivity contribution >= 4 is 11.9 Å². The van der Waals surface area contributed by atoms with Gasteiger partial charge in [0, 0.05) is 19.6 Å². The molecule has 0 aliphatic carbocycles. The maximum atomic E-state index is 10.9. The smallest absolute Gasteiger partial charge is 0.307 e. The summed E-state index contributed by atoms with van der Waals surface area (Å²) >= 11 is 0. The monoisotopic (exact) mass is 227 g/mol. The molecule has 0 atom stereocenters. The van der Waals surface area contributed by atoms with Crippen molar-refractivity contribution in [1.29, 1.82) is 0 Å². The molecule has 1 rings (SSSR count). The maximum Gasteiger partial charge on any atom is 0.307 e. The van der Waals surface area contributed by atoms with Crippen LogP contribution in [0, 0.1) is 0 Å². The number of carbonyl (C=O) groups is 1. The lowest BCUT2D eigenvalue weighted by atomic mass is 10.4. The van der Waals surface area contributed by atoms with Gasteiger partial charge in [0.25, 0.3) is 0 Å². The van der Waals surface area contributed by atoms with E-state index in [1.807, 2.05) is 6.92 Å². The zero-order valence-electron chi connectivity index (χ0n) is 10.2. The summed E-state index contributed by atoms with van der Waals surface area (Å²) in [7, 11) is 1.40. The molecule has 0 amide bonds.